The van der Waals surface area contributed by atoms with Gasteiger partial charge >= 0.3 is 0 Å². The number of hydrogen-bond acceptors (Lipinski definition) is 3. The monoisotopic (exact) mass is 308 g/mol. The summed E-state index contributed by atoms with van der Waals surface area (Å²) in [6.45, 7) is 4.96. The van der Waals surface area contributed by atoms with Crippen molar-refractivity contribution in [2.24, 2.45) is 5.92 Å². The summed E-state index contributed by atoms with van der Waals surface area (Å²) in [6.07, 6.45) is 12.1. The molecule has 3 fully saturated rings. The molecule has 1 N–H and O–H groups in total. The van der Waals surface area contributed by atoms with Gasteiger partial charge < -0.3 is 10.1 Å². The van der Waals surface area contributed by atoms with E-state index in [0.717, 1.165) is 32.6 Å². The Hall–Kier alpha value is -0.610. The number of nitrogens with one attached hydrogen (secondary N) is 1. The van der Waals surface area contributed by atoms with Crippen LogP contribution < -0.4 is 5.32 Å². The van der Waals surface area contributed by atoms with Gasteiger partial charge in [0.05, 0.1) is 0 Å². The van der Waals surface area contributed by atoms with E-state index in [4.69, 9.17) is 4.74 Å². The van der Waals surface area contributed by atoms with E-state index >= 15 is 0 Å². The minimum absolute atomic E-state index is 0.235. The summed E-state index contributed by atoms with van der Waals surface area (Å²) in [5, 5.41) is 3.27. The number of amides is 1. The zero-order valence-corrected chi connectivity index (χ0v) is 13.9. The van der Waals surface area contributed by atoms with Gasteiger partial charge in [-0.1, -0.05) is 19.3 Å². The highest BCUT2D eigenvalue weighted by molar-refractivity contribution is 5.76. The largest absolute Gasteiger partial charge is 0.381 e. The molecule has 2 heterocycles. The van der Waals surface area contributed by atoms with Crippen molar-refractivity contribution in [3.63, 3.8) is 0 Å². The number of likely N-dealkylation sites (tertiary alicyclic amines) is 1. The molecule has 1 saturated carbocycles. The first-order valence-electron chi connectivity index (χ1n) is 9.38. The van der Waals surface area contributed by atoms with Gasteiger partial charge in [-0.2, -0.15) is 0 Å². The lowest BCUT2D eigenvalue weighted by Crippen LogP contribution is -2.55. The summed E-state index contributed by atoms with van der Waals surface area (Å²) in [5.41, 5.74) is 0.263. The van der Waals surface area contributed by atoms with E-state index in [1.807, 2.05) is 0 Å². The first-order valence-corrected chi connectivity index (χ1v) is 9.38. The van der Waals surface area contributed by atoms with Crippen molar-refractivity contribution in [1.29, 1.82) is 0 Å². The van der Waals surface area contributed by atoms with Gasteiger partial charge in [-0.15, -0.1) is 0 Å². The number of piperidine rings is 1. The lowest BCUT2D eigenvalue weighted by atomic mass is 9.91. The van der Waals surface area contributed by atoms with Gasteiger partial charge in [0.1, 0.15) is 0 Å². The van der Waals surface area contributed by atoms with E-state index in [1.165, 1.54) is 58.0 Å². The summed E-state index contributed by atoms with van der Waals surface area (Å²) in [5.74, 6) is 0.669. The van der Waals surface area contributed by atoms with Crippen molar-refractivity contribution in [1.82, 2.24) is 10.2 Å². The van der Waals surface area contributed by atoms with Crippen LogP contribution in [0.3, 0.4) is 0 Å². The molecule has 4 heteroatoms. The molecule has 0 aromatic heterocycles. The second-order valence-corrected chi connectivity index (χ2v) is 7.54. The molecule has 4 nitrogen and oxygen atoms in total. The van der Waals surface area contributed by atoms with Crippen LogP contribution in [0.5, 0.6) is 0 Å². The van der Waals surface area contributed by atoms with Gasteiger partial charge in [-0.3, -0.25) is 9.69 Å². The lowest BCUT2D eigenvalue weighted by Gasteiger charge is -2.43. The molecule has 0 aromatic rings. The smallest absolute Gasteiger partial charge is 0.220 e. The third-order valence-corrected chi connectivity index (χ3v) is 5.90. The second kappa shape index (κ2) is 7.78. The van der Waals surface area contributed by atoms with Gasteiger partial charge in [-0.25, -0.2) is 0 Å². The van der Waals surface area contributed by atoms with E-state index in [9.17, 15) is 4.79 Å². The van der Waals surface area contributed by atoms with Crippen LogP contribution in [-0.2, 0) is 9.53 Å². The van der Waals surface area contributed by atoms with Crippen LogP contribution in [0.2, 0.25) is 0 Å². The number of hydrogen-bond donors (Lipinski definition) is 1. The van der Waals surface area contributed by atoms with Crippen LogP contribution in [0, 0.1) is 5.92 Å². The van der Waals surface area contributed by atoms with Crippen LogP contribution >= 0.6 is 0 Å². The topological polar surface area (TPSA) is 41.6 Å². The fourth-order valence-corrected chi connectivity index (χ4v) is 4.57. The molecule has 1 aliphatic carbocycles. The first-order chi connectivity index (χ1) is 10.8. The fourth-order valence-electron chi connectivity index (χ4n) is 4.57. The van der Waals surface area contributed by atoms with Crippen LogP contribution in [0.4, 0.5) is 0 Å². The summed E-state index contributed by atoms with van der Waals surface area (Å²) in [4.78, 5) is 15.0. The van der Waals surface area contributed by atoms with Crippen molar-refractivity contribution in [3.8, 4) is 0 Å². The molecule has 3 aliphatic rings. The number of carbonyl (C=O) groups is 1. The van der Waals surface area contributed by atoms with Gasteiger partial charge in [0, 0.05) is 31.7 Å². The standard InChI is InChI=1S/C18H32N2O2/c21-17(13-16-7-6-12-22-14-16)19-15-18(8-2-3-9-18)20-10-4-1-5-11-20/h16H,1-15H2,(H,19,21). The molecule has 1 amide bonds. The SMILES string of the molecule is O=C(CC1CCCOC1)NCC1(N2CCCCC2)CCCC1. The van der Waals surface area contributed by atoms with E-state index in [-0.39, 0.29) is 11.4 Å². The molecule has 0 spiro atoms. The molecule has 2 saturated heterocycles. The molecule has 0 bridgehead atoms. The highest BCUT2D eigenvalue weighted by Crippen LogP contribution is 2.36. The Morgan fingerprint density at radius 3 is 2.55 bits per heavy atom. The van der Waals surface area contributed by atoms with Gasteiger partial charge in [0.2, 0.25) is 5.91 Å². The van der Waals surface area contributed by atoms with Crippen LogP contribution in [-0.4, -0.2) is 49.2 Å². The van der Waals surface area contributed by atoms with E-state index in [0.29, 0.717) is 12.3 Å². The molecule has 0 radical (unpaired) electrons. The van der Waals surface area contributed by atoms with Crippen LogP contribution in [0.15, 0.2) is 0 Å². The first kappa shape index (κ1) is 16.3. The van der Waals surface area contributed by atoms with Crippen molar-refractivity contribution >= 4 is 5.91 Å². The third-order valence-electron chi connectivity index (χ3n) is 5.90. The quantitative estimate of drug-likeness (QED) is 0.849. The van der Waals surface area contributed by atoms with E-state index < -0.39 is 0 Å². The molecule has 1 atom stereocenters. The highest BCUT2D eigenvalue weighted by atomic mass is 16.5. The van der Waals surface area contributed by atoms with Gasteiger partial charge in [-0.05, 0) is 57.5 Å². The minimum Gasteiger partial charge on any atom is -0.381 e. The molecular formula is C18H32N2O2. The second-order valence-electron chi connectivity index (χ2n) is 7.54. The Labute approximate surface area is 135 Å². The molecule has 2 aliphatic heterocycles. The maximum Gasteiger partial charge on any atom is 0.220 e. The summed E-state index contributed by atoms with van der Waals surface area (Å²) in [6, 6.07) is 0. The molecule has 126 valence electrons. The zero-order valence-electron chi connectivity index (χ0n) is 13.9. The Bertz CT molecular complexity index is 354. The van der Waals surface area contributed by atoms with Crippen molar-refractivity contribution < 1.29 is 9.53 Å². The van der Waals surface area contributed by atoms with Crippen LogP contribution in [0.1, 0.15) is 64.2 Å². The normalized spacial score (nSPS) is 29.4. The Morgan fingerprint density at radius 1 is 1.09 bits per heavy atom. The van der Waals surface area contributed by atoms with E-state index in [2.05, 4.69) is 10.2 Å². The summed E-state index contributed by atoms with van der Waals surface area (Å²) >= 11 is 0. The lowest BCUT2D eigenvalue weighted by molar-refractivity contribution is -0.123. The Kier molecular flexibility index (Phi) is 5.75. The zero-order chi connectivity index (χ0) is 15.3. The highest BCUT2D eigenvalue weighted by Gasteiger charge is 2.40. The van der Waals surface area contributed by atoms with E-state index in [1.54, 1.807) is 0 Å². The Morgan fingerprint density at radius 2 is 1.86 bits per heavy atom. The van der Waals surface area contributed by atoms with Gasteiger partial charge in [0.25, 0.3) is 0 Å². The number of ether oxygens (including phenoxy) is 1. The molecule has 0 aromatic carbocycles. The third kappa shape index (κ3) is 4.02. The number of carbonyl (C=O) groups excluding carboxylic acids is 1. The molecule has 22 heavy (non-hydrogen) atoms. The van der Waals surface area contributed by atoms with Crippen LogP contribution in [0.25, 0.3) is 0 Å². The minimum atomic E-state index is 0.235. The fraction of sp³-hybridized carbons (Fsp3) is 0.944. The molecule has 1 unspecified atom stereocenters. The summed E-state index contributed by atoms with van der Waals surface area (Å²) in [7, 11) is 0. The van der Waals surface area contributed by atoms with Crippen molar-refractivity contribution in [3.05, 3.63) is 0 Å². The van der Waals surface area contributed by atoms with Crippen molar-refractivity contribution in [2.45, 2.75) is 69.7 Å². The molecular weight excluding hydrogens is 276 g/mol. The number of nitrogens with zero attached hydrogens (tertiary/aromatic N) is 1. The van der Waals surface area contributed by atoms with Gasteiger partial charge in [0.15, 0.2) is 0 Å². The van der Waals surface area contributed by atoms with Crippen molar-refractivity contribution in [2.75, 3.05) is 32.8 Å². The molecule has 3 rings (SSSR count). The summed E-state index contributed by atoms with van der Waals surface area (Å²) < 4.78 is 5.49. The number of rotatable bonds is 5. The average Bonchev–Trinajstić information content (AvgIpc) is 3.05. The maximum absolute atomic E-state index is 12.3. The predicted molar refractivity (Wildman–Crippen MR) is 87.8 cm³/mol. The maximum atomic E-state index is 12.3. The average molecular weight is 308 g/mol. The predicted octanol–water partition coefficient (Wildman–Crippen LogP) is 2.72. The Balaban J connectivity index is 1.49.